The average Bonchev–Trinajstić information content (AvgIpc) is 2.37. The molecule has 4 heteroatoms. The molecule has 1 aromatic rings. The number of hydrogen-bond donors (Lipinski definition) is 1. The van der Waals surface area contributed by atoms with E-state index in [2.05, 4.69) is 19.2 Å². The molecule has 1 aromatic carbocycles. The Morgan fingerprint density at radius 3 is 2.63 bits per heavy atom. The van der Waals surface area contributed by atoms with Crippen LogP contribution in [0.3, 0.4) is 0 Å². The number of nitrogens with zero attached hydrogens (tertiary/aromatic N) is 1. The van der Waals surface area contributed by atoms with Gasteiger partial charge in [-0.2, -0.15) is 0 Å². The summed E-state index contributed by atoms with van der Waals surface area (Å²) in [6.07, 6.45) is 0.402. The number of ether oxygens (including phenoxy) is 1. The Kier molecular flexibility index (Phi) is 6.36. The molecule has 0 spiro atoms. The number of nitrogens with one attached hydrogen (secondary N) is 1. The molecule has 0 saturated heterocycles. The number of rotatable bonds is 7. The van der Waals surface area contributed by atoms with Crippen molar-refractivity contribution < 1.29 is 9.53 Å². The second-order valence-corrected chi connectivity index (χ2v) is 5.03. The van der Waals surface area contributed by atoms with Crippen LogP contribution in [0.5, 0.6) is 5.75 Å². The first kappa shape index (κ1) is 15.5. The molecule has 0 aliphatic heterocycles. The summed E-state index contributed by atoms with van der Waals surface area (Å²) in [5.41, 5.74) is 1.12. The molecule has 1 rings (SSSR count). The lowest BCUT2D eigenvalue weighted by atomic mass is 10.2. The largest absolute Gasteiger partial charge is 0.493 e. The van der Waals surface area contributed by atoms with Crippen LogP contribution >= 0.6 is 0 Å². The molecule has 19 heavy (non-hydrogen) atoms. The summed E-state index contributed by atoms with van der Waals surface area (Å²) in [5, 5.41) is 3.36. The van der Waals surface area contributed by atoms with Crippen molar-refractivity contribution >= 4 is 5.91 Å². The third-order valence-corrected chi connectivity index (χ3v) is 2.75. The fourth-order valence-electron chi connectivity index (χ4n) is 1.58. The Morgan fingerprint density at radius 2 is 2.00 bits per heavy atom. The van der Waals surface area contributed by atoms with E-state index in [1.165, 1.54) is 0 Å². The van der Waals surface area contributed by atoms with E-state index in [4.69, 9.17) is 4.74 Å². The molecular weight excluding hydrogens is 240 g/mol. The summed E-state index contributed by atoms with van der Waals surface area (Å²) in [7, 11) is 3.51. The summed E-state index contributed by atoms with van der Waals surface area (Å²) in [6.45, 7) is 5.41. The highest BCUT2D eigenvalue weighted by Gasteiger charge is 2.06. The van der Waals surface area contributed by atoms with Gasteiger partial charge in [0, 0.05) is 32.2 Å². The molecule has 0 saturated carbocycles. The topological polar surface area (TPSA) is 41.6 Å². The van der Waals surface area contributed by atoms with Crippen molar-refractivity contribution in [3.63, 3.8) is 0 Å². The quantitative estimate of drug-likeness (QED) is 0.819. The van der Waals surface area contributed by atoms with Crippen LogP contribution in [0.4, 0.5) is 0 Å². The number of carbonyl (C=O) groups is 1. The summed E-state index contributed by atoms with van der Waals surface area (Å²) >= 11 is 0. The van der Waals surface area contributed by atoms with Crippen molar-refractivity contribution in [3.8, 4) is 5.75 Å². The van der Waals surface area contributed by atoms with Crippen LogP contribution in [-0.4, -0.2) is 37.6 Å². The lowest BCUT2D eigenvalue weighted by Crippen LogP contribution is -2.24. The average molecular weight is 264 g/mol. The maximum Gasteiger partial charge on any atom is 0.225 e. The lowest BCUT2D eigenvalue weighted by Gasteiger charge is -2.14. The van der Waals surface area contributed by atoms with Crippen LogP contribution in [0.1, 0.15) is 25.8 Å². The van der Waals surface area contributed by atoms with Crippen molar-refractivity contribution in [1.29, 1.82) is 0 Å². The van der Waals surface area contributed by atoms with Gasteiger partial charge in [0.2, 0.25) is 5.91 Å². The van der Waals surface area contributed by atoms with Crippen LogP contribution in [0.2, 0.25) is 0 Å². The number of amides is 1. The highest BCUT2D eigenvalue weighted by atomic mass is 16.5. The Morgan fingerprint density at radius 1 is 1.32 bits per heavy atom. The maximum absolute atomic E-state index is 11.5. The zero-order chi connectivity index (χ0) is 14.3. The van der Waals surface area contributed by atoms with Crippen molar-refractivity contribution in [1.82, 2.24) is 10.2 Å². The maximum atomic E-state index is 11.5. The van der Waals surface area contributed by atoms with E-state index in [-0.39, 0.29) is 5.91 Å². The molecule has 0 fully saturated rings. The predicted molar refractivity (Wildman–Crippen MR) is 77.2 cm³/mol. The number of carbonyl (C=O) groups excluding carboxylic acids is 1. The van der Waals surface area contributed by atoms with E-state index in [0.29, 0.717) is 19.1 Å². The standard InChI is InChI=1S/C15H24N2O2/c1-12(2)16-11-13-7-5-6-8-14(13)19-10-9-15(18)17(3)4/h5-8,12,16H,9-11H2,1-4H3. The van der Waals surface area contributed by atoms with Gasteiger partial charge < -0.3 is 15.0 Å². The van der Waals surface area contributed by atoms with Crippen molar-refractivity contribution in [3.05, 3.63) is 29.8 Å². The molecule has 0 bridgehead atoms. The third kappa shape index (κ3) is 5.75. The molecule has 106 valence electrons. The van der Waals surface area contributed by atoms with Crippen LogP contribution in [0, 0.1) is 0 Å². The predicted octanol–water partition coefficient (Wildman–Crippen LogP) is 2.04. The number of hydrogen-bond acceptors (Lipinski definition) is 3. The molecule has 0 aliphatic rings. The SMILES string of the molecule is CC(C)NCc1ccccc1OCCC(=O)N(C)C. The highest BCUT2D eigenvalue weighted by molar-refractivity contribution is 5.75. The molecule has 1 N–H and O–H groups in total. The van der Waals surface area contributed by atoms with Gasteiger partial charge in [-0.15, -0.1) is 0 Å². The minimum Gasteiger partial charge on any atom is -0.493 e. The summed E-state index contributed by atoms with van der Waals surface area (Å²) in [4.78, 5) is 13.0. The molecular formula is C15H24N2O2. The zero-order valence-corrected chi connectivity index (χ0v) is 12.3. The second-order valence-electron chi connectivity index (χ2n) is 5.03. The summed E-state index contributed by atoms with van der Waals surface area (Å²) in [6, 6.07) is 8.36. The van der Waals surface area contributed by atoms with Crippen molar-refractivity contribution in [2.45, 2.75) is 32.9 Å². The first-order valence-electron chi connectivity index (χ1n) is 6.65. The molecule has 0 heterocycles. The second kappa shape index (κ2) is 7.79. The first-order chi connectivity index (χ1) is 9.00. The van der Waals surface area contributed by atoms with Gasteiger partial charge >= 0.3 is 0 Å². The Bertz CT molecular complexity index is 403. The molecule has 0 aliphatic carbocycles. The van der Waals surface area contributed by atoms with Gasteiger partial charge in [0.1, 0.15) is 5.75 Å². The van der Waals surface area contributed by atoms with Gasteiger partial charge in [-0.3, -0.25) is 4.79 Å². The smallest absolute Gasteiger partial charge is 0.225 e. The number of para-hydroxylation sites is 1. The van der Waals surface area contributed by atoms with E-state index < -0.39 is 0 Å². The molecule has 4 nitrogen and oxygen atoms in total. The van der Waals surface area contributed by atoms with Crippen LogP contribution in [0.25, 0.3) is 0 Å². The lowest BCUT2D eigenvalue weighted by molar-refractivity contribution is -0.129. The van der Waals surface area contributed by atoms with Crippen molar-refractivity contribution in [2.24, 2.45) is 0 Å². The first-order valence-corrected chi connectivity index (χ1v) is 6.65. The van der Waals surface area contributed by atoms with E-state index in [0.717, 1.165) is 17.9 Å². The van der Waals surface area contributed by atoms with E-state index in [1.54, 1.807) is 19.0 Å². The Balaban J connectivity index is 2.50. The highest BCUT2D eigenvalue weighted by Crippen LogP contribution is 2.18. The minimum atomic E-state index is 0.0813. The van der Waals surface area contributed by atoms with Gasteiger partial charge in [-0.1, -0.05) is 32.0 Å². The monoisotopic (exact) mass is 264 g/mol. The van der Waals surface area contributed by atoms with Gasteiger partial charge in [-0.05, 0) is 6.07 Å². The molecule has 1 amide bonds. The fraction of sp³-hybridized carbons (Fsp3) is 0.533. The third-order valence-electron chi connectivity index (χ3n) is 2.75. The molecule has 0 radical (unpaired) electrons. The van der Waals surface area contributed by atoms with Crippen LogP contribution < -0.4 is 10.1 Å². The van der Waals surface area contributed by atoms with Gasteiger partial charge in [0.05, 0.1) is 13.0 Å². The fourth-order valence-corrected chi connectivity index (χ4v) is 1.58. The minimum absolute atomic E-state index is 0.0813. The molecule has 0 atom stereocenters. The number of benzene rings is 1. The van der Waals surface area contributed by atoms with Crippen LogP contribution in [-0.2, 0) is 11.3 Å². The molecule has 0 unspecified atom stereocenters. The van der Waals surface area contributed by atoms with Gasteiger partial charge in [-0.25, -0.2) is 0 Å². The van der Waals surface area contributed by atoms with E-state index in [1.807, 2.05) is 24.3 Å². The Hall–Kier alpha value is -1.55. The normalized spacial score (nSPS) is 10.6. The molecule has 0 aromatic heterocycles. The Labute approximate surface area is 115 Å². The van der Waals surface area contributed by atoms with Crippen LogP contribution in [0.15, 0.2) is 24.3 Å². The van der Waals surface area contributed by atoms with E-state index in [9.17, 15) is 4.79 Å². The van der Waals surface area contributed by atoms with Gasteiger partial charge in [0.25, 0.3) is 0 Å². The van der Waals surface area contributed by atoms with Crippen molar-refractivity contribution in [2.75, 3.05) is 20.7 Å². The summed E-state index contributed by atoms with van der Waals surface area (Å²) < 4.78 is 5.70. The van der Waals surface area contributed by atoms with Gasteiger partial charge in [0.15, 0.2) is 0 Å². The zero-order valence-electron chi connectivity index (χ0n) is 12.3. The summed E-state index contributed by atoms with van der Waals surface area (Å²) in [5.74, 6) is 0.931. The van der Waals surface area contributed by atoms with E-state index >= 15 is 0 Å².